The van der Waals surface area contributed by atoms with Gasteiger partial charge in [-0.25, -0.2) is 4.79 Å². The van der Waals surface area contributed by atoms with Crippen LogP contribution >= 0.6 is 0 Å². The second-order valence-corrected chi connectivity index (χ2v) is 8.00. The molecule has 0 aromatic heterocycles. The molecule has 1 aromatic carbocycles. The molecule has 0 radical (unpaired) electrons. The van der Waals surface area contributed by atoms with Crippen molar-refractivity contribution in [1.29, 1.82) is 5.26 Å². The summed E-state index contributed by atoms with van der Waals surface area (Å²) in [6, 6.07) is 7.54. The number of hydrogen-bond donors (Lipinski definition) is 2. The largest absolute Gasteiger partial charge is 0.481 e. The quantitative estimate of drug-likeness (QED) is 0.510. The van der Waals surface area contributed by atoms with Gasteiger partial charge in [0.25, 0.3) is 5.69 Å². The maximum Gasteiger partial charge on any atom is 0.334 e. The summed E-state index contributed by atoms with van der Waals surface area (Å²) in [6.07, 6.45) is 0.103. The fraction of sp³-hybridized carbons (Fsp3) is 0.476. The average molecular weight is 415 g/mol. The Morgan fingerprint density at radius 1 is 1.37 bits per heavy atom. The molecule has 160 valence electrons. The highest BCUT2D eigenvalue weighted by Gasteiger charge is 2.63. The van der Waals surface area contributed by atoms with Crippen molar-refractivity contribution in [2.45, 2.75) is 39.5 Å². The lowest BCUT2D eigenvalue weighted by atomic mass is 9.50. The fourth-order valence-electron chi connectivity index (χ4n) is 4.92. The molecule has 2 rings (SSSR count). The van der Waals surface area contributed by atoms with Crippen molar-refractivity contribution in [3.63, 3.8) is 0 Å². The third kappa shape index (κ3) is 3.28. The first-order valence-electron chi connectivity index (χ1n) is 9.50. The molecule has 0 fully saturated rings. The van der Waals surface area contributed by atoms with Crippen LogP contribution in [0.25, 0.3) is 0 Å². The number of carbonyl (C=O) groups is 2. The van der Waals surface area contributed by atoms with E-state index in [2.05, 4.69) is 0 Å². The van der Waals surface area contributed by atoms with Gasteiger partial charge in [-0.1, -0.05) is 26.0 Å². The summed E-state index contributed by atoms with van der Waals surface area (Å²) in [4.78, 5) is 37.6. The number of allylic oxidation sites excluding steroid dienone is 1. The second-order valence-electron chi connectivity index (χ2n) is 8.00. The lowest BCUT2D eigenvalue weighted by Crippen LogP contribution is -2.63. The van der Waals surface area contributed by atoms with Crippen molar-refractivity contribution in [2.75, 3.05) is 13.1 Å². The van der Waals surface area contributed by atoms with E-state index < -0.39 is 33.6 Å². The zero-order chi connectivity index (χ0) is 22.9. The van der Waals surface area contributed by atoms with Crippen LogP contribution in [0.5, 0.6) is 0 Å². The standard InChI is InChI=1S/C21H25N3O6/c1-13(2)21(15-7-5-8-16(11-15)24(29)30)17(18(25)26)14(3)23(10-6-9-22)12-20(21,4)19(27)28/h5,7-8,11,13H,6,10,12H2,1-4H3,(H,25,26)(H,27,28). The third-order valence-electron chi connectivity index (χ3n) is 6.17. The van der Waals surface area contributed by atoms with Crippen molar-refractivity contribution in [1.82, 2.24) is 4.90 Å². The summed E-state index contributed by atoms with van der Waals surface area (Å²) < 4.78 is 0. The summed E-state index contributed by atoms with van der Waals surface area (Å²) in [5.41, 5.74) is -2.89. The minimum atomic E-state index is -1.63. The monoisotopic (exact) mass is 415 g/mol. The minimum absolute atomic E-state index is 0.0342. The molecule has 0 saturated heterocycles. The van der Waals surface area contributed by atoms with Gasteiger partial charge < -0.3 is 15.1 Å². The number of carboxylic acids is 2. The zero-order valence-electron chi connectivity index (χ0n) is 17.4. The van der Waals surface area contributed by atoms with Crippen molar-refractivity contribution in [3.05, 3.63) is 51.2 Å². The Balaban J connectivity index is 3.01. The normalized spacial score (nSPS) is 23.9. The lowest BCUT2D eigenvalue weighted by molar-refractivity contribution is -0.385. The Labute approximate surface area is 174 Å². The average Bonchev–Trinajstić information content (AvgIpc) is 2.67. The number of nitrogens with zero attached hydrogens (tertiary/aromatic N) is 3. The molecular weight excluding hydrogens is 390 g/mol. The molecule has 0 spiro atoms. The maximum absolute atomic E-state index is 12.6. The fourth-order valence-corrected chi connectivity index (χ4v) is 4.92. The third-order valence-corrected chi connectivity index (χ3v) is 6.17. The molecular formula is C21H25N3O6. The van der Waals surface area contributed by atoms with Gasteiger partial charge in [-0.15, -0.1) is 0 Å². The molecule has 30 heavy (non-hydrogen) atoms. The van der Waals surface area contributed by atoms with E-state index in [-0.39, 0.29) is 36.3 Å². The number of hydrogen-bond acceptors (Lipinski definition) is 6. The number of carboxylic acid groups (broad SMARTS) is 2. The van der Waals surface area contributed by atoms with Gasteiger partial charge in [0.15, 0.2) is 0 Å². The predicted octanol–water partition coefficient (Wildman–Crippen LogP) is 3.17. The van der Waals surface area contributed by atoms with Gasteiger partial charge >= 0.3 is 11.9 Å². The van der Waals surface area contributed by atoms with Gasteiger partial charge in [0.1, 0.15) is 0 Å². The van der Waals surface area contributed by atoms with Crippen LogP contribution in [0.2, 0.25) is 0 Å². The first-order chi connectivity index (χ1) is 13.9. The van der Waals surface area contributed by atoms with Crippen molar-refractivity contribution in [2.24, 2.45) is 11.3 Å². The molecule has 1 aromatic rings. The Morgan fingerprint density at radius 3 is 2.47 bits per heavy atom. The van der Waals surface area contributed by atoms with Gasteiger partial charge in [0.05, 0.1) is 28.4 Å². The van der Waals surface area contributed by atoms with Crippen LogP contribution in [-0.2, 0) is 15.0 Å². The van der Waals surface area contributed by atoms with Crippen LogP contribution in [0, 0.1) is 32.8 Å². The Hall–Kier alpha value is -3.41. The Kier molecular flexibility index (Phi) is 6.21. The van der Waals surface area contributed by atoms with Crippen molar-refractivity contribution >= 4 is 17.6 Å². The molecule has 2 unspecified atom stereocenters. The van der Waals surface area contributed by atoms with Gasteiger partial charge in [-0.3, -0.25) is 14.9 Å². The molecule has 9 nitrogen and oxygen atoms in total. The number of aliphatic carboxylic acids is 2. The maximum atomic E-state index is 12.6. The van der Waals surface area contributed by atoms with Crippen LogP contribution < -0.4 is 0 Å². The van der Waals surface area contributed by atoms with E-state index in [1.807, 2.05) is 6.07 Å². The summed E-state index contributed by atoms with van der Waals surface area (Å²) in [5.74, 6) is -3.02. The van der Waals surface area contributed by atoms with Gasteiger partial charge in [-0.2, -0.15) is 5.26 Å². The second kappa shape index (κ2) is 8.14. The lowest BCUT2D eigenvalue weighted by Gasteiger charge is -2.55. The summed E-state index contributed by atoms with van der Waals surface area (Å²) in [7, 11) is 0. The van der Waals surface area contributed by atoms with Gasteiger partial charge in [-0.05, 0) is 25.3 Å². The van der Waals surface area contributed by atoms with Crippen LogP contribution in [0.4, 0.5) is 5.69 Å². The van der Waals surface area contributed by atoms with Crippen molar-refractivity contribution < 1.29 is 24.7 Å². The van der Waals surface area contributed by atoms with Crippen LogP contribution in [0.3, 0.4) is 0 Å². The van der Waals surface area contributed by atoms with Gasteiger partial charge in [0, 0.05) is 36.3 Å². The summed E-state index contributed by atoms with van der Waals surface area (Å²) in [5, 5.41) is 40.9. The van der Waals surface area contributed by atoms with E-state index in [4.69, 9.17) is 5.26 Å². The minimum Gasteiger partial charge on any atom is -0.481 e. The number of rotatable bonds is 7. The van der Waals surface area contributed by atoms with Gasteiger partial charge in [0.2, 0.25) is 0 Å². The Morgan fingerprint density at radius 2 is 2.00 bits per heavy atom. The van der Waals surface area contributed by atoms with E-state index in [1.165, 1.54) is 25.1 Å². The van der Waals surface area contributed by atoms with Crippen LogP contribution in [-0.4, -0.2) is 45.1 Å². The molecule has 1 heterocycles. The SMILES string of the molecule is CC1=C(C(=O)O)C(c2cccc([N+](=O)[O-])c2)(C(C)C)C(C)(C(=O)O)CN1CCC#N. The van der Waals surface area contributed by atoms with E-state index in [0.29, 0.717) is 5.70 Å². The van der Waals surface area contributed by atoms with Crippen LogP contribution in [0.1, 0.15) is 39.7 Å². The topological polar surface area (TPSA) is 145 Å². The van der Waals surface area contributed by atoms with E-state index >= 15 is 0 Å². The first kappa shape index (κ1) is 22.9. The highest BCUT2D eigenvalue weighted by molar-refractivity contribution is 5.95. The molecule has 0 amide bonds. The highest BCUT2D eigenvalue weighted by atomic mass is 16.6. The smallest absolute Gasteiger partial charge is 0.334 e. The summed E-state index contributed by atoms with van der Waals surface area (Å²) in [6.45, 7) is 6.67. The molecule has 9 heteroatoms. The highest BCUT2D eigenvalue weighted by Crippen LogP contribution is 2.57. The molecule has 1 aliphatic heterocycles. The molecule has 0 saturated carbocycles. The van der Waals surface area contributed by atoms with E-state index in [0.717, 1.165) is 0 Å². The van der Waals surface area contributed by atoms with E-state index in [1.54, 1.807) is 31.7 Å². The zero-order valence-corrected chi connectivity index (χ0v) is 17.4. The number of benzene rings is 1. The van der Waals surface area contributed by atoms with E-state index in [9.17, 15) is 29.9 Å². The first-order valence-corrected chi connectivity index (χ1v) is 9.50. The summed E-state index contributed by atoms with van der Waals surface area (Å²) >= 11 is 0. The predicted molar refractivity (Wildman–Crippen MR) is 107 cm³/mol. The molecule has 2 N–H and O–H groups in total. The molecule has 0 aliphatic carbocycles. The molecule has 0 bridgehead atoms. The molecule has 2 atom stereocenters. The van der Waals surface area contributed by atoms with Crippen LogP contribution in [0.15, 0.2) is 35.5 Å². The Bertz CT molecular complexity index is 964. The van der Waals surface area contributed by atoms with Crippen molar-refractivity contribution in [3.8, 4) is 6.07 Å². The molecule has 1 aliphatic rings. The number of non-ortho nitro benzene ring substituents is 1. The number of nitro groups is 1. The number of nitro benzene ring substituents is 1. The number of nitriles is 1.